The molecule has 1 saturated heterocycles. The number of sulfonamides is 2. The minimum atomic E-state index is -3.65. The number of hydrogen-bond acceptors (Lipinski definition) is 6. The molecule has 194 valence electrons. The fourth-order valence-electron chi connectivity index (χ4n) is 4.82. The fraction of sp³-hybridized carbons (Fsp3) is 0.440. The summed E-state index contributed by atoms with van der Waals surface area (Å²) in [4.78, 5) is 24.4. The van der Waals surface area contributed by atoms with Gasteiger partial charge >= 0.3 is 0 Å². The van der Waals surface area contributed by atoms with Crippen LogP contribution in [-0.2, 0) is 20.0 Å². The van der Waals surface area contributed by atoms with Gasteiger partial charge in [-0.15, -0.1) is 0 Å². The Balaban J connectivity index is 1.48. The number of amides is 1. The first-order valence-electron chi connectivity index (χ1n) is 12.0. The lowest BCUT2D eigenvalue weighted by molar-refractivity contribution is 0.102. The molecule has 0 aromatic heterocycles. The van der Waals surface area contributed by atoms with E-state index in [1.807, 2.05) is 0 Å². The quantitative estimate of drug-likeness (QED) is 0.520. The molecule has 0 unspecified atom stereocenters. The molecular weight excluding hydrogens is 502 g/mol. The number of rotatable bonds is 8. The van der Waals surface area contributed by atoms with Crippen LogP contribution in [0.15, 0.2) is 47.4 Å². The van der Waals surface area contributed by atoms with Gasteiger partial charge in [0.15, 0.2) is 0 Å². The summed E-state index contributed by atoms with van der Waals surface area (Å²) in [6.45, 7) is 1.04. The van der Waals surface area contributed by atoms with Crippen molar-refractivity contribution in [2.75, 3.05) is 36.0 Å². The van der Waals surface area contributed by atoms with Crippen LogP contribution in [0.1, 0.15) is 52.8 Å². The van der Waals surface area contributed by atoms with E-state index in [1.165, 1.54) is 73.1 Å². The van der Waals surface area contributed by atoms with Gasteiger partial charge in [-0.05, 0) is 67.1 Å². The van der Waals surface area contributed by atoms with Crippen molar-refractivity contribution in [2.45, 2.75) is 37.0 Å². The van der Waals surface area contributed by atoms with Crippen LogP contribution in [0.2, 0.25) is 0 Å². The predicted molar refractivity (Wildman–Crippen MR) is 138 cm³/mol. The molecule has 2 aromatic carbocycles. The van der Waals surface area contributed by atoms with Crippen molar-refractivity contribution in [3.8, 4) is 0 Å². The summed E-state index contributed by atoms with van der Waals surface area (Å²) in [5.41, 5.74) is 0.670. The maximum Gasteiger partial charge on any atom is 0.257 e. The molecule has 1 aliphatic carbocycles. The number of piperidine rings is 1. The minimum absolute atomic E-state index is 0.00134. The summed E-state index contributed by atoms with van der Waals surface area (Å²) in [5.74, 6) is 0.743. The lowest BCUT2D eigenvalue weighted by atomic mass is 9.72. The molecule has 1 aliphatic heterocycles. The van der Waals surface area contributed by atoms with Crippen LogP contribution in [0.4, 0.5) is 11.4 Å². The highest BCUT2D eigenvalue weighted by molar-refractivity contribution is 7.92. The van der Waals surface area contributed by atoms with E-state index in [2.05, 4.69) is 5.32 Å². The van der Waals surface area contributed by atoms with Crippen molar-refractivity contribution in [2.24, 2.45) is 11.8 Å². The molecular formula is C25H31N3O6S2. The maximum atomic E-state index is 13.1. The van der Waals surface area contributed by atoms with Gasteiger partial charge in [0.1, 0.15) is 6.29 Å². The number of nitrogens with one attached hydrogen (secondary N) is 1. The molecule has 1 amide bonds. The molecule has 2 aliphatic rings. The molecule has 0 spiro atoms. The number of nitrogens with zero attached hydrogens (tertiary/aromatic N) is 2. The SMILES string of the molecule is CN(c1ccc(C=O)cc1C(=O)Nc1ccc(S(=O)(=O)N2CCC(C3CCC3)CC2)cc1)S(C)(=O)=O. The van der Waals surface area contributed by atoms with Crippen molar-refractivity contribution >= 4 is 43.6 Å². The number of anilines is 2. The molecule has 2 aromatic rings. The first-order valence-corrected chi connectivity index (χ1v) is 15.2. The van der Waals surface area contributed by atoms with E-state index in [9.17, 15) is 26.4 Å². The first-order chi connectivity index (χ1) is 17.0. The zero-order valence-corrected chi connectivity index (χ0v) is 22.0. The van der Waals surface area contributed by atoms with Gasteiger partial charge < -0.3 is 5.32 Å². The molecule has 1 N–H and O–H groups in total. The Labute approximate surface area is 212 Å². The molecule has 1 heterocycles. The van der Waals surface area contributed by atoms with Crippen molar-refractivity contribution < 1.29 is 26.4 Å². The number of hydrogen-bond donors (Lipinski definition) is 1. The fourth-order valence-corrected chi connectivity index (χ4v) is 6.80. The molecule has 1 saturated carbocycles. The van der Waals surface area contributed by atoms with Crippen LogP contribution in [0.3, 0.4) is 0 Å². The van der Waals surface area contributed by atoms with E-state index in [-0.39, 0.29) is 21.7 Å². The van der Waals surface area contributed by atoms with Gasteiger partial charge in [0, 0.05) is 31.4 Å². The molecule has 2 fully saturated rings. The van der Waals surface area contributed by atoms with E-state index in [4.69, 9.17) is 0 Å². The van der Waals surface area contributed by atoms with Crippen LogP contribution in [0, 0.1) is 11.8 Å². The van der Waals surface area contributed by atoms with Gasteiger partial charge in [-0.2, -0.15) is 4.31 Å². The van der Waals surface area contributed by atoms with E-state index >= 15 is 0 Å². The third kappa shape index (κ3) is 5.47. The van der Waals surface area contributed by atoms with Crippen LogP contribution in [0.25, 0.3) is 0 Å². The predicted octanol–water partition coefficient (Wildman–Crippen LogP) is 3.35. The van der Waals surface area contributed by atoms with Crippen LogP contribution >= 0.6 is 0 Å². The first kappa shape index (κ1) is 26.3. The van der Waals surface area contributed by atoms with Gasteiger partial charge in [-0.25, -0.2) is 16.8 Å². The lowest BCUT2D eigenvalue weighted by Gasteiger charge is -2.39. The van der Waals surface area contributed by atoms with Gasteiger partial charge in [-0.3, -0.25) is 13.9 Å². The van der Waals surface area contributed by atoms with Gasteiger partial charge in [0.2, 0.25) is 20.0 Å². The molecule has 0 bridgehead atoms. The Morgan fingerprint density at radius 1 is 0.972 bits per heavy atom. The number of carbonyl (C=O) groups excluding carboxylic acids is 2. The zero-order valence-electron chi connectivity index (χ0n) is 20.4. The van der Waals surface area contributed by atoms with E-state index in [0.717, 1.165) is 29.3 Å². The second kappa shape index (κ2) is 10.3. The minimum Gasteiger partial charge on any atom is -0.322 e. The molecule has 36 heavy (non-hydrogen) atoms. The lowest BCUT2D eigenvalue weighted by Crippen LogP contribution is -2.41. The topological polar surface area (TPSA) is 121 Å². The Hall–Kier alpha value is -2.76. The highest BCUT2D eigenvalue weighted by Crippen LogP contribution is 2.39. The van der Waals surface area contributed by atoms with E-state index in [1.54, 1.807) is 0 Å². The number of carbonyl (C=O) groups is 2. The Morgan fingerprint density at radius 2 is 1.58 bits per heavy atom. The molecule has 0 atom stereocenters. The van der Waals surface area contributed by atoms with Crippen molar-refractivity contribution in [3.63, 3.8) is 0 Å². The van der Waals surface area contributed by atoms with Gasteiger partial charge in [-0.1, -0.05) is 19.3 Å². The van der Waals surface area contributed by atoms with Crippen LogP contribution in [0.5, 0.6) is 0 Å². The monoisotopic (exact) mass is 533 g/mol. The Morgan fingerprint density at radius 3 is 2.11 bits per heavy atom. The van der Waals surface area contributed by atoms with E-state index < -0.39 is 26.0 Å². The number of benzene rings is 2. The molecule has 4 rings (SSSR count). The second-order valence-electron chi connectivity index (χ2n) is 9.54. The third-order valence-electron chi connectivity index (χ3n) is 7.30. The zero-order chi connectivity index (χ0) is 26.1. The van der Waals surface area contributed by atoms with Gasteiger partial charge in [0.05, 0.1) is 22.4 Å². The van der Waals surface area contributed by atoms with E-state index in [0.29, 0.717) is 31.0 Å². The summed E-state index contributed by atoms with van der Waals surface area (Å²) in [6.07, 6.45) is 7.16. The van der Waals surface area contributed by atoms with Crippen molar-refractivity contribution in [1.29, 1.82) is 0 Å². The summed E-state index contributed by atoms with van der Waals surface area (Å²) in [5, 5.41) is 2.66. The third-order valence-corrected chi connectivity index (χ3v) is 10.4. The summed E-state index contributed by atoms with van der Waals surface area (Å²) >= 11 is 0. The normalized spacial score (nSPS) is 17.8. The summed E-state index contributed by atoms with van der Waals surface area (Å²) in [6, 6.07) is 10.0. The summed E-state index contributed by atoms with van der Waals surface area (Å²) < 4.78 is 52.8. The smallest absolute Gasteiger partial charge is 0.257 e. The average Bonchev–Trinajstić information content (AvgIpc) is 2.82. The number of aldehydes is 1. The Kier molecular flexibility index (Phi) is 7.53. The largest absolute Gasteiger partial charge is 0.322 e. The van der Waals surface area contributed by atoms with Gasteiger partial charge in [0.25, 0.3) is 5.91 Å². The van der Waals surface area contributed by atoms with Crippen LogP contribution < -0.4 is 9.62 Å². The average molecular weight is 534 g/mol. The van der Waals surface area contributed by atoms with Crippen LogP contribution in [-0.4, -0.2) is 59.7 Å². The highest BCUT2D eigenvalue weighted by atomic mass is 32.2. The highest BCUT2D eigenvalue weighted by Gasteiger charge is 2.34. The van der Waals surface area contributed by atoms with Crippen molar-refractivity contribution in [3.05, 3.63) is 53.6 Å². The summed E-state index contributed by atoms with van der Waals surface area (Å²) in [7, 11) is -5.97. The maximum absolute atomic E-state index is 13.1. The standard InChI is InChI=1S/C25H31N3O6S2/c1-27(35(2,31)32)24-11-6-18(17-29)16-23(24)25(30)26-21-7-9-22(10-8-21)36(33,34)28-14-12-20(13-15-28)19-4-3-5-19/h6-11,16-17,19-20H,3-5,12-15H2,1-2H3,(H,26,30). The second-order valence-corrected chi connectivity index (χ2v) is 13.5. The van der Waals surface area contributed by atoms with Crippen molar-refractivity contribution in [1.82, 2.24) is 4.31 Å². The molecule has 9 nitrogen and oxygen atoms in total. The molecule has 11 heteroatoms. The molecule has 0 radical (unpaired) electrons. The Bertz CT molecular complexity index is 1340.